The third kappa shape index (κ3) is 6.65. The number of hydrogen-bond donors (Lipinski definition) is 3. The molecule has 200 valence electrons. The van der Waals surface area contributed by atoms with Crippen LogP contribution in [0.15, 0.2) is 30.3 Å². The zero-order valence-electron chi connectivity index (χ0n) is 22.0. The monoisotopic (exact) mass is 510 g/mol. The minimum absolute atomic E-state index is 0.0411. The van der Waals surface area contributed by atoms with Gasteiger partial charge in [0.15, 0.2) is 5.78 Å². The molecule has 0 aliphatic heterocycles. The fourth-order valence-corrected chi connectivity index (χ4v) is 5.61. The summed E-state index contributed by atoms with van der Waals surface area (Å²) in [6.07, 6.45) is 1.98. The fourth-order valence-electron chi connectivity index (χ4n) is 5.61. The molecule has 0 saturated heterocycles. The Kier molecular flexibility index (Phi) is 10.0. The normalized spacial score (nSPS) is 16.7. The highest BCUT2D eigenvalue weighted by Gasteiger charge is 2.35. The number of fused-ring (bicyclic) bond motifs is 1. The van der Waals surface area contributed by atoms with Crippen LogP contribution in [0.2, 0.25) is 0 Å². The van der Waals surface area contributed by atoms with Gasteiger partial charge >= 0.3 is 0 Å². The van der Waals surface area contributed by atoms with Crippen molar-refractivity contribution in [2.45, 2.75) is 59.3 Å². The zero-order valence-corrected chi connectivity index (χ0v) is 22.0. The topological polar surface area (TPSA) is 121 Å². The van der Waals surface area contributed by atoms with E-state index in [1.807, 2.05) is 25.1 Å². The summed E-state index contributed by atoms with van der Waals surface area (Å²) in [5.74, 6) is -1.25. The van der Waals surface area contributed by atoms with Gasteiger partial charge in [-0.1, -0.05) is 19.1 Å². The van der Waals surface area contributed by atoms with E-state index in [0.29, 0.717) is 25.0 Å². The molecule has 0 saturated carbocycles. The van der Waals surface area contributed by atoms with Crippen molar-refractivity contribution in [3.05, 3.63) is 47.0 Å². The first-order chi connectivity index (χ1) is 17.7. The second kappa shape index (κ2) is 13.0. The number of phenols is 1. The number of ketones is 3. The number of aryl methyl sites for hydroxylation is 1. The Labute approximate surface area is 218 Å². The Morgan fingerprint density at radius 2 is 1.86 bits per heavy atom. The van der Waals surface area contributed by atoms with Crippen molar-refractivity contribution in [3.8, 4) is 22.6 Å². The molecule has 2 aromatic carbocycles. The average molecular weight is 511 g/mol. The van der Waals surface area contributed by atoms with E-state index in [-0.39, 0.29) is 60.8 Å². The van der Waals surface area contributed by atoms with E-state index in [2.05, 4.69) is 13.0 Å². The maximum Gasteiger partial charge on any atom is 0.167 e. The first-order valence-electron chi connectivity index (χ1n) is 13.1. The Hall–Kier alpha value is -3.03. The Bertz CT molecular complexity index is 1140. The molecule has 2 aromatic rings. The molecule has 37 heavy (non-hydrogen) atoms. The Morgan fingerprint density at radius 3 is 2.49 bits per heavy atom. The summed E-state index contributed by atoms with van der Waals surface area (Å²) in [6, 6.07) is 9.34. The lowest BCUT2D eigenvalue weighted by Gasteiger charge is -2.32. The molecular weight excluding hydrogens is 472 g/mol. The van der Waals surface area contributed by atoms with Gasteiger partial charge < -0.3 is 20.1 Å². The molecule has 0 bridgehead atoms. The van der Waals surface area contributed by atoms with Crippen molar-refractivity contribution < 1.29 is 34.4 Å². The first-order valence-corrected chi connectivity index (χ1v) is 13.1. The number of phenolic OH excluding ortho intramolecular Hbond substituents is 1. The van der Waals surface area contributed by atoms with Gasteiger partial charge in [0.2, 0.25) is 0 Å². The van der Waals surface area contributed by atoms with Crippen LogP contribution in [0.3, 0.4) is 0 Å². The molecule has 7 nitrogen and oxygen atoms in total. The van der Waals surface area contributed by atoms with Crippen LogP contribution in [0.5, 0.6) is 11.5 Å². The van der Waals surface area contributed by atoms with E-state index in [0.717, 1.165) is 34.4 Å². The van der Waals surface area contributed by atoms with Crippen LogP contribution in [0, 0.1) is 17.8 Å². The van der Waals surface area contributed by atoms with Gasteiger partial charge in [0.05, 0.1) is 25.2 Å². The van der Waals surface area contributed by atoms with Gasteiger partial charge in [-0.2, -0.15) is 0 Å². The van der Waals surface area contributed by atoms with Crippen LogP contribution in [0.4, 0.5) is 0 Å². The van der Waals surface area contributed by atoms with Gasteiger partial charge in [-0.05, 0) is 91.8 Å². The third-order valence-electron chi connectivity index (χ3n) is 7.33. The molecule has 0 amide bonds. The quantitative estimate of drug-likeness (QED) is 0.343. The summed E-state index contributed by atoms with van der Waals surface area (Å²) in [7, 11) is 0. The maximum absolute atomic E-state index is 13.2. The van der Waals surface area contributed by atoms with Crippen molar-refractivity contribution in [1.29, 1.82) is 0 Å². The Morgan fingerprint density at radius 1 is 1.11 bits per heavy atom. The van der Waals surface area contributed by atoms with Crippen molar-refractivity contribution in [2.24, 2.45) is 17.8 Å². The molecule has 0 radical (unpaired) electrons. The van der Waals surface area contributed by atoms with Crippen LogP contribution in [0.25, 0.3) is 11.1 Å². The van der Waals surface area contributed by atoms with Crippen molar-refractivity contribution in [2.75, 3.05) is 19.8 Å². The summed E-state index contributed by atoms with van der Waals surface area (Å²) in [6.45, 7) is 5.32. The highest BCUT2D eigenvalue weighted by Crippen LogP contribution is 2.41. The minimum atomic E-state index is -0.769. The van der Waals surface area contributed by atoms with Crippen LogP contribution in [-0.4, -0.2) is 52.5 Å². The van der Waals surface area contributed by atoms with Crippen LogP contribution in [-0.2, 0) is 22.4 Å². The highest BCUT2D eigenvalue weighted by atomic mass is 16.5. The van der Waals surface area contributed by atoms with Gasteiger partial charge in [0.25, 0.3) is 0 Å². The molecule has 1 aliphatic carbocycles. The van der Waals surface area contributed by atoms with E-state index < -0.39 is 12.5 Å². The van der Waals surface area contributed by atoms with E-state index in [1.165, 1.54) is 6.92 Å². The van der Waals surface area contributed by atoms with E-state index in [9.17, 15) is 29.7 Å². The standard InChI is InChI=1S/C30H38O7/c1-4-20-16-21(6-9-29(20)37-5-2)23-7-8-26(34)30-24(23)14-19(15-28(30)36)13-22(10-11-31)25(17-32)27(35)12-18(3)33/h6-9,16,19,22,25,31-32,34H,4-5,10-15,17H2,1-3H3. The molecule has 0 aromatic heterocycles. The first kappa shape index (κ1) is 28.5. The van der Waals surface area contributed by atoms with Crippen molar-refractivity contribution in [1.82, 2.24) is 0 Å². The number of ether oxygens (including phenoxy) is 1. The van der Waals surface area contributed by atoms with Gasteiger partial charge in [0.1, 0.15) is 23.1 Å². The lowest BCUT2D eigenvalue weighted by atomic mass is 9.72. The molecule has 3 unspecified atom stereocenters. The lowest BCUT2D eigenvalue weighted by Crippen LogP contribution is -2.32. The largest absolute Gasteiger partial charge is 0.507 e. The molecule has 7 heteroatoms. The van der Waals surface area contributed by atoms with E-state index in [4.69, 9.17) is 4.74 Å². The molecular formula is C30H38O7. The van der Waals surface area contributed by atoms with Gasteiger partial charge in [-0.3, -0.25) is 14.4 Å². The number of aliphatic hydroxyl groups excluding tert-OH is 2. The summed E-state index contributed by atoms with van der Waals surface area (Å²) >= 11 is 0. The number of aliphatic hydroxyl groups is 2. The second-order valence-corrected chi connectivity index (χ2v) is 9.93. The smallest absolute Gasteiger partial charge is 0.167 e. The predicted octanol–water partition coefficient (Wildman–Crippen LogP) is 4.31. The van der Waals surface area contributed by atoms with Gasteiger partial charge in [-0.15, -0.1) is 0 Å². The van der Waals surface area contributed by atoms with Crippen LogP contribution < -0.4 is 4.74 Å². The number of carbonyl (C=O) groups excluding carboxylic acids is 3. The number of benzene rings is 2. The average Bonchev–Trinajstić information content (AvgIpc) is 2.84. The number of hydrogen-bond acceptors (Lipinski definition) is 7. The Balaban J connectivity index is 1.96. The number of aromatic hydroxyl groups is 1. The van der Waals surface area contributed by atoms with E-state index >= 15 is 0 Å². The van der Waals surface area contributed by atoms with Crippen LogP contribution in [0.1, 0.15) is 67.9 Å². The molecule has 0 fully saturated rings. The SMILES string of the molecule is CCOc1ccc(-c2ccc(O)c3c2CC(CC(CCO)C(CO)C(=O)CC(C)=O)CC3=O)cc1CC. The summed E-state index contributed by atoms with van der Waals surface area (Å²) in [5.41, 5.74) is 3.96. The lowest BCUT2D eigenvalue weighted by molar-refractivity contribution is -0.131. The number of Topliss-reactive ketones (excluding diaryl/α,β-unsaturated/α-hetero) is 3. The second-order valence-electron chi connectivity index (χ2n) is 9.93. The van der Waals surface area contributed by atoms with Crippen LogP contribution >= 0.6 is 0 Å². The predicted molar refractivity (Wildman–Crippen MR) is 141 cm³/mol. The third-order valence-corrected chi connectivity index (χ3v) is 7.33. The van der Waals surface area contributed by atoms with Crippen molar-refractivity contribution in [3.63, 3.8) is 0 Å². The van der Waals surface area contributed by atoms with Gasteiger partial charge in [0, 0.05) is 18.9 Å². The molecule has 0 heterocycles. The number of carbonyl (C=O) groups is 3. The summed E-state index contributed by atoms with van der Waals surface area (Å²) in [4.78, 5) is 37.4. The van der Waals surface area contributed by atoms with Gasteiger partial charge in [-0.25, -0.2) is 0 Å². The van der Waals surface area contributed by atoms with E-state index in [1.54, 1.807) is 6.07 Å². The molecule has 3 N–H and O–H groups in total. The zero-order chi connectivity index (χ0) is 27.1. The fraction of sp³-hybridized carbons (Fsp3) is 0.500. The highest BCUT2D eigenvalue weighted by molar-refractivity contribution is 6.03. The van der Waals surface area contributed by atoms with Crippen molar-refractivity contribution >= 4 is 17.3 Å². The number of rotatable bonds is 13. The molecule has 1 aliphatic rings. The maximum atomic E-state index is 13.2. The molecule has 3 rings (SSSR count). The minimum Gasteiger partial charge on any atom is -0.507 e. The molecule has 3 atom stereocenters. The summed E-state index contributed by atoms with van der Waals surface area (Å²) < 4.78 is 5.74. The summed E-state index contributed by atoms with van der Waals surface area (Å²) in [5, 5.41) is 30.2. The molecule has 0 spiro atoms.